The number of rotatable bonds is 11. The van der Waals surface area contributed by atoms with Gasteiger partial charge in [-0.15, -0.1) is 0 Å². The lowest BCUT2D eigenvalue weighted by Crippen LogP contribution is -2.36. The molecule has 3 rings (SSSR count). The Hall–Kier alpha value is -3.21. The molecule has 1 atom stereocenters. The zero-order valence-corrected chi connectivity index (χ0v) is 21.0. The Labute approximate surface area is 208 Å². The zero-order chi connectivity index (χ0) is 25.5. The number of hydrogen-bond donors (Lipinski definition) is 3. The molecule has 0 fully saturated rings. The van der Waals surface area contributed by atoms with E-state index in [1.807, 2.05) is 26.0 Å². The molecule has 0 radical (unpaired) electrons. The maximum Gasteiger partial charge on any atom is 0.259 e. The van der Waals surface area contributed by atoms with Crippen molar-refractivity contribution in [2.24, 2.45) is 0 Å². The van der Waals surface area contributed by atoms with Gasteiger partial charge in [-0.3, -0.25) is 4.79 Å². The van der Waals surface area contributed by atoms with Crippen LogP contribution in [0.1, 0.15) is 25.0 Å². The van der Waals surface area contributed by atoms with Crippen LogP contribution < -0.4 is 15.0 Å². The molecule has 188 valence electrons. The number of amides is 1. The topological polar surface area (TPSA) is 134 Å². The molecule has 0 saturated heterocycles. The molecule has 0 spiro atoms. The first-order valence-electron chi connectivity index (χ1n) is 11.3. The van der Waals surface area contributed by atoms with Gasteiger partial charge >= 0.3 is 0 Å². The number of aliphatic hydroxyl groups excluding tert-OH is 2. The van der Waals surface area contributed by atoms with E-state index in [-0.39, 0.29) is 13.2 Å². The van der Waals surface area contributed by atoms with Gasteiger partial charge in [-0.05, 0) is 57.0 Å². The van der Waals surface area contributed by atoms with Crippen molar-refractivity contribution in [3.05, 3.63) is 40.5 Å². The Morgan fingerprint density at radius 3 is 2.54 bits per heavy atom. The Bertz CT molecular complexity index is 1140. The lowest BCUT2D eigenvalue weighted by Gasteiger charge is -2.21. The molecule has 0 aliphatic rings. The molecule has 1 amide bonds. The molecule has 0 aliphatic carbocycles. The normalized spacial score (nSPS) is 11.9. The summed E-state index contributed by atoms with van der Waals surface area (Å²) in [6.45, 7) is 8.94. The number of hydrogen-bond acceptors (Lipinski definition) is 9. The molecule has 2 heterocycles. The number of aliphatic hydroxyl groups is 2. The van der Waals surface area contributed by atoms with Crippen LogP contribution in [0.4, 0.5) is 5.82 Å². The van der Waals surface area contributed by atoms with Crippen molar-refractivity contribution < 1.29 is 24.3 Å². The van der Waals surface area contributed by atoms with Gasteiger partial charge < -0.3 is 29.7 Å². The second-order valence-corrected chi connectivity index (χ2v) is 8.40. The van der Waals surface area contributed by atoms with Gasteiger partial charge in [0.25, 0.3) is 5.89 Å². The first-order chi connectivity index (χ1) is 16.8. The summed E-state index contributed by atoms with van der Waals surface area (Å²) in [6, 6.07) is 5.44. The van der Waals surface area contributed by atoms with Gasteiger partial charge in [0.1, 0.15) is 30.9 Å². The highest BCUT2D eigenvalue weighted by atomic mass is 35.5. The smallest absolute Gasteiger partial charge is 0.259 e. The van der Waals surface area contributed by atoms with Crippen LogP contribution in [0.3, 0.4) is 0 Å². The van der Waals surface area contributed by atoms with Crippen LogP contribution in [0.5, 0.6) is 5.75 Å². The average molecular weight is 504 g/mol. The van der Waals surface area contributed by atoms with Crippen LogP contribution >= 0.6 is 11.6 Å². The van der Waals surface area contributed by atoms with Gasteiger partial charge in [0, 0.05) is 31.4 Å². The van der Waals surface area contributed by atoms with Gasteiger partial charge in [-0.25, -0.2) is 4.98 Å². The van der Waals surface area contributed by atoms with Crippen LogP contribution in [0.15, 0.2) is 28.9 Å². The summed E-state index contributed by atoms with van der Waals surface area (Å²) >= 11 is 6.43. The summed E-state index contributed by atoms with van der Waals surface area (Å²) in [5.74, 6) is 1.47. The van der Waals surface area contributed by atoms with Crippen molar-refractivity contribution >= 4 is 23.3 Å². The number of nitrogens with one attached hydrogen (secondary N) is 1. The fraction of sp³-hybridized carbons (Fsp3) is 0.417. The van der Waals surface area contributed by atoms with E-state index in [9.17, 15) is 9.90 Å². The molecule has 0 bridgehead atoms. The first kappa shape index (κ1) is 26.4. The Morgan fingerprint density at radius 2 is 1.91 bits per heavy atom. The minimum absolute atomic E-state index is 0.0516. The van der Waals surface area contributed by atoms with Gasteiger partial charge in [0.15, 0.2) is 0 Å². The van der Waals surface area contributed by atoms with E-state index >= 15 is 0 Å². The van der Waals surface area contributed by atoms with Gasteiger partial charge in [-0.2, -0.15) is 4.98 Å². The third-order valence-corrected chi connectivity index (χ3v) is 5.65. The van der Waals surface area contributed by atoms with Crippen molar-refractivity contribution in [1.29, 1.82) is 0 Å². The van der Waals surface area contributed by atoms with Crippen LogP contribution in [0, 0.1) is 13.8 Å². The van der Waals surface area contributed by atoms with Crippen LogP contribution in [-0.2, 0) is 4.79 Å². The first-order valence-corrected chi connectivity index (χ1v) is 11.7. The maximum atomic E-state index is 11.1. The molecule has 0 saturated carbocycles. The van der Waals surface area contributed by atoms with Gasteiger partial charge in [0.2, 0.25) is 11.7 Å². The van der Waals surface area contributed by atoms with Crippen molar-refractivity contribution in [2.45, 2.75) is 33.8 Å². The van der Waals surface area contributed by atoms with E-state index in [1.54, 1.807) is 12.3 Å². The summed E-state index contributed by atoms with van der Waals surface area (Å²) in [6.07, 6.45) is 0.757. The lowest BCUT2D eigenvalue weighted by atomic mass is 10.1. The number of pyridine rings is 1. The summed E-state index contributed by atoms with van der Waals surface area (Å²) in [5.41, 5.74) is 3.10. The predicted molar refractivity (Wildman–Crippen MR) is 133 cm³/mol. The van der Waals surface area contributed by atoms with E-state index in [0.29, 0.717) is 33.6 Å². The summed E-state index contributed by atoms with van der Waals surface area (Å²) < 4.78 is 11.1. The highest BCUT2D eigenvalue weighted by Crippen LogP contribution is 2.34. The van der Waals surface area contributed by atoms with Crippen molar-refractivity contribution in [2.75, 3.05) is 37.7 Å². The van der Waals surface area contributed by atoms with E-state index in [1.165, 1.54) is 0 Å². The third-order valence-electron chi connectivity index (χ3n) is 5.37. The Balaban J connectivity index is 1.74. The SMILES string of the molecule is CCN(CC)c1ncc(-c2nc(-c3cc(C)c(OC[C@@H](O)CNC(=O)CO)c(Cl)c3)no2)cc1C. The minimum atomic E-state index is -0.967. The molecule has 3 N–H and O–H groups in total. The van der Waals surface area contributed by atoms with Crippen LogP contribution in [0.2, 0.25) is 5.02 Å². The fourth-order valence-corrected chi connectivity index (χ4v) is 3.89. The maximum absolute atomic E-state index is 11.1. The second-order valence-electron chi connectivity index (χ2n) is 7.99. The highest BCUT2D eigenvalue weighted by molar-refractivity contribution is 6.32. The molecular weight excluding hydrogens is 474 g/mol. The molecular formula is C24H30ClN5O5. The van der Waals surface area contributed by atoms with Gasteiger partial charge in [0.05, 0.1) is 10.6 Å². The van der Waals surface area contributed by atoms with Crippen molar-refractivity contribution in [3.63, 3.8) is 0 Å². The average Bonchev–Trinajstić information content (AvgIpc) is 3.34. The third kappa shape index (κ3) is 6.47. The number of anilines is 1. The van der Waals surface area contributed by atoms with Crippen LogP contribution in [-0.4, -0.2) is 70.2 Å². The number of ether oxygens (including phenoxy) is 1. The summed E-state index contributed by atoms with van der Waals surface area (Å²) in [7, 11) is 0. The molecule has 0 aliphatic heterocycles. The predicted octanol–water partition coefficient (Wildman–Crippen LogP) is 2.76. The minimum Gasteiger partial charge on any atom is -0.489 e. The van der Waals surface area contributed by atoms with Crippen molar-refractivity contribution in [3.8, 4) is 28.6 Å². The molecule has 1 aromatic carbocycles. The Morgan fingerprint density at radius 1 is 1.20 bits per heavy atom. The summed E-state index contributed by atoms with van der Waals surface area (Å²) in [4.78, 5) is 22.4. The van der Waals surface area contributed by atoms with E-state index in [2.05, 4.69) is 39.2 Å². The molecule has 2 aromatic heterocycles. The van der Waals surface area contributed by atoms with E-state index in [0.717, 1.165) is 30.0 Å². The monoisotopic (exact) mass is 503 g/mol. The Kier molecular flexibility index (Phi) is 9.02. The number of halogens is 1. The largest absolute Gasteiger partial charge is 0.489 e. The number of aryl methyl sites for hydroxylation is 2. The number of aromatic nitrogens is 3. The molecule has 35 heavy (non-hydrogen) atoms. The number of carbonyl (C=O) groups excluding carboxylic acids is 1. The second kappa shape index (κ2) is 12.0. The quantitative estimate of drug-likeness (QED) is 0.361. The van der Waals surface area contributed by atoms with Crippen molar-refractivity contribution in [1.82, 2.24) is 20.4 Å². The standard InChI is InChI=1S/C24H30ClN5O5/c1-5-30(6-2)23-15(4)8-17(10-27-23)24-28-22(29-35-24)16-7-14(3)21(19(25)9-16)34-13-18(32)11-26-20(33)12-31/h7-10,18,31-32H,5-6,11-13H2,1-4H3,(H,26,33)/t18-/m0/s1. The fourth-order valence-electron chi connectivity index (χ4n) is 3.57. The molecule has 0 unspecified atom stereocenters. The molecule has 10 nitrogen and oxygen atoms in total. The highest BCUT2D eigenvalue weighted by Gasteiger charge is 2.17. The summed E-state index contributed by atoms with van der Waals surface area (Å²) in [5, 5.41) is 25.5. The van der Waals surface area contributed by atoms with Gasteiger partial charge in [-0.1, -0.05) is 16.8 Å². The molecule has 11 heteroatoms. The molecule has 3 aromatic rings. The number of nitrogens with zero attached hydrogens (tertiary/aromatic N) is 4. The zero-order valence-electron chi connectivity index (χ0n) is 20.2. The van der Waals surface area contributed by atoms with E-state index in [4.69, 9.17) is 26.0 Å². The van der Waals surface area contributed by atoms with Crippen LogP contribution in [0.25, 0.3) is 22.8 Å². The number of benzene rings is 1. The lowest BCUT2D eigenvalue weighted by molar-refractivity contribution is -0.124. The van der Waals surface area contributed by atoms with E-state index < -0.39 is 18.6 Å². The number of carbonyl (C=O) groups is 1.